The third-order valence-electron chi connectivity index (χ3n) is 7.44. The van der Waals surface area contributed by atoms with Gasteiger partial charge in [-0.15, -0.1) is 0 Å². The van der Waals surface area contributed by atoms with Crippen LogP contribution in [0, 0.1) is 11.8 Å². The van der Waals surface area contributed by atoms with Crippen LogP contribution in [0.1, 0.15) is 108 Å². The molecule has 0 spiro atoms. The molecular weight excluding hydrogens is 432 g/mol. The molecule has 1 aliphatic carbocycles. The number of hydrogen-bond donors (Lipinski definition) is 0. The van der Waals surface area contributed by atoms with Gasteiger partial charge < -0.3 is 0 Å². The molecule has 4 nitrogen and oxygen atoms in total. The van der Waals surface area contributed by atoms with Crippen molar-refractivity contribution in [2.75, 3.05) is 0 Å². The molecule has 0 radical (unpaired) electrons. The summed E-state index contributed by atoms with van der Waals surface area (Å²) in [5.74, 6) is 1.00. The predicted octanol–water partition coefficient (Wildman–Crippen LogP) is 7.72. The second-order valence-corrected chi connectivity index (χ2v) is 10.4. The number of aryl methyl sites for hydroxylation is 1. The summed E-state index contributed by atoms with van der Waals surface area (Å²) in [5, 5.41) is 0. The lowest BCUT2D eigenvalue weighted by Gasteiger charge is -2.26. The number of nitrogens with zero attached hydrogens (tertiary/aromatic N) is 2. The van der Waals surface area contributed by atoms with Gasteiger partial charge in [0.1, 0.15) is 11.6 Å². The van der Waals surface area contributed by atoms with Crippen molar-refractivity contribution in [2.45, 2.75) is 110 Å². The molecule has 0 saturated heterocycles. The second-order valence-electron chi connectivity index (χ2n) is 10.4. The molecule has 2 unspecified atom stereocenters. The van der Waals surface area contributed by atoms with Crippen molar-refractivity contribution in [2.24, 2.45) is 11.8 Å². The normalized spacial score (nSPS) is 18.1. The van der Waals surface area contributed by atoms with Gasteiger partial charge in [-0.05, 0) is 42.7 Å². The third-order valence-corrected chi connectivity index (χ3v) is 7.44. The second kappa shape index (κ2) is 14.9. The topological polar surface area (TPSA) is 59.9 Å². The first-order valence-corrected chi connectivity index (χ1v) is 14.1. The molecule has 1 heterocycles. The number of carbonyl (C=O) groups is 2. The lowest BCUT2D eigenvalue weighted by Crippen LogP contribution is -2.31. The molecule has 35 heavy (non-hydrogen) atoms. The van der Waals surface area contributed by atoms with Gasteiger partial charge in [0.05, 0.1) is 5.92 Å². The largest absolute Gasteiger partial charge is 0.299 e. The van der Waals surface area contributed by atoms with E-state index >= 15 is 0 Å². The fourth-order valence-corrected chi connectivity index (χ4v) is 5.28. The van der Waals surface area contributed by atoms with Crippen LogP contribution in [-0.4, -0.2) is 21.5 Å². The van der Waals surface area contributed by atoms with Crippen molar-refractivity contribution in [1.82, 2.24) is 9.97 Å². The third kappa shape index (κ3) is 8.98. The van der Waals surface area contributed by atoms with Gasteiger partial charge in [-0.25, -0.2) is 9.97 Å². The summed E-state index contributed by atoms with van der Waals surface area (Å²) in [6.07, 6.45) is 20.3. The lowest BCUT2D eigenvalue weighted by atomic mass is 9.76. The van der Waals surface area contributed by atoms with Gasteiger partial charge in [-0.3, -0.25) is 9.59 Å². The van der Waals surface area contributed by atoms with Crippen LogP contribution in [0.4, 0.5) is 0 Å². The first-order chi connectivity index (χ1) is 17.1. The summed E-state index contributed by atoms with van der Waals surface area (Å²) in [7, 11) is 0. The predicted molar refractivity (Wildman–Crippen MR) is 143 cm³/mol. The number of ketones is 2. The molecule has 3 rings (SSSR count). The SMILES string of the molecule is CCCCCCCCCCc1cnc(-c2ccc(CC(=O)C3CCC(CCC)CC3=O)cc2)nc1. The minimum Gasteiger partial charge on any atom is -0.299 e. The van der Waals surface area contributed by atoms with Crippen molar-refractivity contribution in [3.05, 3.63) is 47.8 Å². The zero-order valence-electron chi connectivity index (χ0n) is 21.9. The van der Waals surface area contributed by atoms with Gasteiger partial charge in [-0.1, -0.05) is 95.9 Å². The minimum atomic E-state index is -0.403. The van der Waals surface area contributed by atoms with Crippen molar-refractivity contribution in [1.29, 1.82) is 0 Å². The first-order valence-electron chi connectivity index (χ1n) is 14.1. The monoisotopic (exact) mass is 476 g/mol. The Labute approximate surface area is 212 Å². The zero-order valence-corrected chi connectivity index (χ0v) is 21.9. The van der Waals surface area contributed by atoms with Gasteiger partial charge in [0, 0.05) is 30.8 Å². The maximum absolute atomic E-state index is 12.8. The minimum absolute atomic E-state index is 0.0688. The Hall–Kier alpha value is -2.36. The van der Waals surface area contributed by atoms with Gasteiger partial charge in [-0.2, -0.15) is 0 Å². The Morgan fingerprint density at radius 2 is 1.49 bits per heavy atom. The molecule has 1 aromatic heterocycles. The molecule has 0 amide bonds. The van der Waals surface area contributed by atoms with E-state index in [0.29, 0.717) is 24.6 Å². The Balaban J connectivity index is 1.42. The van der Waals surface area contributed by atoms with Crippen LogP contribution in [0.5, 0.6) is 0 Å². The number of carbonyl (C=O) groups excluding carboxylic acids is 2. The molecule has 1 fully saturated rings. The highest BCUT2D eigenvalue weighted by molar-refractivity contribution is 6.03. The summed E-state index contributed by atoms with van der Waals surface area (Å²) in [6, 6.07) is 7.91. The summed E-state index contributed by atoms with van der Waals surface area (Å²) in [5.41, 5.74) is 3.10. The van der Waals surface area contributed by atoms with E-state index in [1.807, 2.05) is 36.7 Å². The number of rotatable bonds is 15. The molecule has 0 bridgehead atoms. The lowest BCUT2D eigenvalue weighted by molar-refractivity contribution is -0.135. The highest BCUT2D eigenvalue weighted by Gasteiger charge is 2.32. The molecule has 4 heteroatoms. The number of Topliss-reactive ketones (excluding diaryl/α,β-unsaturated/α-hetero) is 2. The van der Waals surface area contributed by atoms with Crippen LogP contribution in [0.3, 0.4) is 0 Å². The Bertz CT molecular complexity index is 905. The van der Waals surface area contributed by atoms with E-state index in [-0.39, 0.29) is 11.6 Å². The van der Waals surface area contributed by atoms with Crippen LogP contribution >= 0.6 is 0 Å². The maximum atomic E-state index is 12.8. The fraction of sp³-hybridized carbons (Fsp3) is 0.613. The molecule has 1 aliphatic rings. The highest BCUT2D eigenvalue weighted by Crippen LogP contribution is 2.30. The average Bonchev–Trinajstić information content (AvgIpc) is 2.87. The van der Waals surface area contributed by atoms with Crippen LogP contribution in [-0.2, 0) is 22.4 Å². The molecule has 2 atom stereocenters. The number of hydrogen-bond acceptors (Lipinski definition) is 4. The number of benzene rings is 1. The van der Waals surface area contributed by atoms with Crippen LogP contribution in [0.15, 0.2) is 36.7 Å². The van der Waals surface area contributed by atoms with E-state index in [4.69, 9.17) is 0 Å². The molecule has 1 aromatic carbocycles. The first kappa shape index (κ1) is 27.2. The Kier molecular flexibility index (Phi) is 11.6. The molecule has 1 saturated carbocycles. The maximum Gasteiger partial charge on any atom is 0.159 e. The Morgan fingerprint density at radius 3 is 2.11 bits per heavy atom. The number of aromatic nitrogens is 2. The van der Waals surface area contributed by atoms with Crippen molar-refractivity contribution < 1.29 is 9.59 Å². The van der Waals surface area contributed by atoms with E-state index < -0.39 is 5.92 Å². The summed E-state index contributed by atoms with van der Waals surface area (Å²) >= 11 is 0. The standard InChI is InChI=1S/C31H44N2O2/c1-3-5-6-7-8-9-10-11-13-26-22-32-31(33-23-26)27-17-14-25(15-18-27)21-30(35)28-19-16-24(12-4-2)20-29(28)34/h14-15,17-18,22-24,28H,3-13,16,19-21H2,1-2H3. The van der Waals surface area contributed by atoms with Gasteiger partial charge in [0.2, 0.25) is 0 Å². The van der Waals surface area contributed by atoms with Gasteiger partial charge >= 0.3 is 0 Å². The van der Waals surface area contributed by atoms with E-state index in [1.165, 1.54) is 56.9 Å². The van der Waals surface area contributed by atoms with Gasteiger partial charge in [0.25, 0.3) is 0 Å². The van der Waals surface area contributed by atoms with E-state index in [0.717, 1.165) is 43.2 Å². The van der Waals surface area contributed by atoms with Crippen LogP contribution in [0.2, 0.25) is 0 Å². The van der Waals surface area contributed by atoms with E-state index in [9.17, 15) is 9.59 Å². The summed E-state index contributed by atoms with van der Waals surface area (Å²) in [6.45, 7) is 4.41. The Morgan fingerprint density at radius 1 is 0.829 bits per heavy atom. The molecular formula is C31H44N2O2. The summed E-state index contributed by atoms with van der Waals surface area (Å²) < 4.78 is 0. The van der Waals surface area contributed by atoms with Crippen LogP contribution in [0.25, 0.3) is 11.4 Å². The smallest absolute Gasteiger partial charge is 0.159 e. The molecule has 2 aromatic rings. The average molecular weight is 477 g/mol. The summed E-state index contributed by atoms with van der Waals surface area (Å²) in [4.78, 5) is 34.4. The number of unbranched alkanes of at least 4 members (excludes halogenated alkanes) is 7. The van der Waals surface area contributed by atoms with E-state index in [1.54, 1.807) is 0 Å². The molecule has 0 N–H and O–H groups in total. The van der Waals surface area contributed by atoms with E-state index in [2.05, 4.69) is 23.8 Å². The quantitative estimate of drug-likeness (QED) is 0.195. The highest BCUT2D eigenvalue weighted by atomic mass is 16.1. The zero-order chi connectivity index (χ0) is 24.9. The van der Waals surface area contributed by atoms with Gasteiger partial charge in [0.15, 0.2) is 5.82 Å². The van der Waals surface area contributed by atoms with Crippen molar-refractivity contribution in [3.8, 4) is 11.4 Å². The van der Waals surface area contributed by atoms with Crippen LogP contribution < -0.4 is 0 Å². The molecule has 0 aliphatic heterocycles. The fourth-order valence-electron chi connectivity index (χ4n) is 5.28. The van der Waals surface area contributed by atoms with Crippen molar-refractivity contribution in [3.63, 3.8) is 0 Å². The van der Waals surface area contributed by atoms with Crippen molar-refractivity contribution >= 4 is 11.6 Å². The molecule has 190 valence electrons.